The first kappa shape index (κ1) is 23.2. The van der Waals surface area contributed by atoms with Crippen LogP contribution in [0.5, 0.6) is 0 Å². The molecule has 1 fully saturated rings. The second kappa shape index (κ2) is 10.7. The molecule has 2 aromatic rings. The van der Waals surface area contributed by atoms with Gasteiger partial charge in [0.05, 0.1) is 9.93 Å². The van der Waals surface area contributed by atoms with Gasteiger partial charge in [0.25, 0.3) is 5.91 Å². The first-order valence-corrected chi connectivity index (χ1v) is 11.2. The number of hydrogen-bond donors (Lipinski definition) is 1. The van der Waals surface area contributed by atoms with Gasteiger partial charge in [0.15, 0.2) is 0 Å². The number of carbonyl (C=O) groups is 2. The molecule has 8 heteroatoms. The maximum absolute atomic E-state index is 13.2. The Morgan fingerprint density at radius 3 is 2.71 bits per heavy atom. The lowest BCUT2D eigenvalue weighted by Crippen LogP contribution is -2.29. The van der Waals surface area contributed by atoms with E-state index in [1.165, 1.54) is 34.9 Å². The summed E-state index contributed by atoms with van der Waals surface area (Å²) in [4.78, 5) is 26.9. The molecule has 0 atom stereocenters. The molecule has 0 spiro atoms. The average molecular weight is 475 g/mol. The van der Waals surface area contributed by atoms with Crippen LogP contribution in [-0.2, 0) is 9.59 Å². The fourth-order valence-electron chi connectivity index (χ4n) is 2.95. The van der Waals surface area contributed by atoms with Crippen LogP contribution in [0.15, 0.2) is 65.1 Å². The molecule has 2 amide bonds. The van der Waals surface area contributed by atoms with Crippen molar-refractivity contribution in [2.45, 2.75) is 19.8 Å². The number of hydrogen-bond acceptors (Lipinski definition) is 4. The van der Waals surface area contributed by atoms with Crippen molar-refractivity contribution in [3.63, 3.8) is 0 Å². The number of amides is 2. The van der Waals surface area contributed by atoms with Crippen LogP contribution in [-0.4, -0.2) is 27.6 Å². The molecule has 4 nitrogen and oxygen atoms in total. The van der Waals surface area contributed by atoms with Crippen molar-refractivity contribution < 1.29 is 14.0 Å². The molecule has 0 bridgehead atoms. The lowest BCUT2D eigenvalue weighted by atomic mass is 10.1. The fourth-order valence-corrected chi connectivity index (χ4v) is 4.49. The van der Waals surface area contributed by atoms with Crippen LogP contribution in [0.1, 0.15) is 25.3 Å². The van der Waals surface area contributed by atoms with E-state index in [4.69, 9.17) is 23.8 Å². The molecule has 0 radical (unpaired) electrons. The van der Waals surface area contributed by atoms with Crippen molar-refractivity contribution >= 4 is 63.5 Å². The third-order valence-corrected chi connectivity index (χ3v) is 6.08. The fraction of sp³-hybridized carbons (Fsp3) is 0.174. The van der Waals surface area contributed by atoms with Gasteiger partial charge in [0, 0.05) is 18.7 Å². The van der Waals surface area contributed by atoms with E-state index >= 15 is 0 Å². The zero-order chi connectivity index (χ0) is 22.4. The molecular formula is C23H20ClFN2O2S2. The summed E-state index contributed by atoms with van der Waals surface area (Å²) < 4.78 is 13.7. The van der Waals surface area contributed by atoms with Gasteiger partial charge in [-0.25, -0.2) is 4.39 Å². The zero-order valence-corrected chi connectivity index (χ0v) is 19.1. The third kappa shape index (κ3) is 6.50. The van der Waals surface area contributed by atoms with Gasteiger partial charge in [0.1, 0.15) is 10.1 Å². The molecule has 2 aromatic carbocycles. The Bertz CT molecular complexity index is 1070. The number of halogens is 2. The molecule has 31 heavy (non-hydrogen) atoms. The number of rotatable bonds is 7. The number of allylic oxidation sites excluding steroid dienone is 2. The Kier molecular flexibility index (Phi) is 8.01. The smallest absolute Gasteiger partial charge is 0.266 e. The van der Waals surface area contributed by atoms with Crippen molar-refractivity contribution in [2.75, 3.05) is 11.9 Å². The number of nitrogens with zero attached hydrogens (tertiary/aromatic N) is 1. The SMILES string of the molecule is CC(/C=C1\SC(=S)N(CCCC(=O)Nc2ccc(F)c(Cl)c2)C1=O)=C\c1ccccc1. The molecule has 1 heterocycles. The highest BCUT2D eigenvalue weighted by molar-refractivity contribution is 8.26. The first-order chi connectivity index (χ1) is 14.8. The highest BCUT2D eigenvalue weighted by Crippen LogP contribution is 2.32. The molecule has 0 saturated carbocycles. The molecule has 1 saturated heterocycles. The quantitative estimate of drug-likeness (QED) is 0.392. The van der Waals surface area contributed by atoms with E-state index in [1.807, 2.05) is 49.4 Å². The van der Waals surface area contributed by atoms with E-state index in [0.29, 0.717) is 27.9 Å². The minimum atomic E-state index is -0.545. The molecule has 0 unspecified atom stereocenters. The average Bonchev–Trinajstić information content (AvgIpc) is 2.98. The van der Waals surface area contributed by atoms with Crippen LogP contribution in [0.25, 0.3) is 6.08 Å². The van der Waals surface area contributed by atoms with Crippen LogP contribution < -0.4 is 5.32 Å². The standard InChI is InChI=1S/C23H20ClFN2O2S2/c1-15(12-16-6-3-2-4-7-16)13-20-22(29)27(23(30)31-20)11-5-8-21(28)26-17-9-10-19(25)18(24)14-17/h2-4,6-7,9-10,12-14H,5,8,11H2,1H3,(H,26,28)/b15-12+,20-13-. The molecule has 0 aromatic heterocycles. The van der Waals surface area contributed by atoms with Crippen molar-refractivity contribution in [2.24, 2.45) is 0 Å². The monoisotopic (exact) mass is 474 g/mol. The van der Waals surface area contributed by atoms with Crippen LogP contribution in [0, 0.1) is 5.82 Å². The first-order valence-electron chi connectivity index (χ1n) is 9.57. The normalized spacial score (nSPS) is 15.6. The number of anilines is 1. The summed E-state index contributed by atoms with van der Waals surface area (Å²) in [6.07, 6.45) is 4.47. The lowest BCUT2D eigenvalue weighted by Gasteiger charge is -2.14. The van der Waals surface area contributed by atoms with Gasteiger partial charge in [-0.3, -0.25) is 14.5 Å². The lowest BCUT2D eigenvalue weighted by molar-refractivity contribution is -0.122. The van der Waals surface area contributed by atoms with E-state index < -0.39 is 5.82 Å². The van der Waals surface area contributed by atoms with Gasteiger partial charge >= 0.3 is 0 Å². The molecule has 1 aliphatic heterocycles. The van der Waals surface area contributed by atoms with Gasteiger partial charge in [-0.05, 0) is 48.8 Å². The summed E-state index contributed by atoms with van der Waals surface area (Å²) in [6.45, 7) is 2.28. The summed E-state index contributed by atoms with van der Waals surface area (Å²) >= 11 is 12.3. The third-order valence-electron chi connectivity index (χ3n) is 4.42. The van der Waals surface area contributed by atoms with E-state index in [2.05, 4.69) is 5.32 Å². The number of benzene rings is 2. The number of thioether (sulfide) groups is 1. The van der Waals surface area contributed by atoms with Crippen molar-refractivity contribution in [3.05, 3.63) is 81.5 Å². The van der Waals surface area contributed by atoms with E-state index in [1.54, 1.807) is 0 Å². The Hall–Kier alpha value is -2.48. The Morgan fingerprint density at radius 1 is 1.26 bits per heavy atom. The molecule has 3 rings (SSSR count). The predicted molar refractivity (Wildman–Crippen MR) is 129 cm³/mol. The zero-order valence-electron chi connectivity index (χ0n) is 16.7. The van der Waals surface area contributed by atoms with E-state index in [-0.39, 0.29) is 23.3 Å². The summed E-state index contributed by atoms with van der Waals surface area (Å²) in [5, 5.41) is 2.61. The number of nitrogens with one attached hydrogen (secondary N) is 1. The van der Waals surface area contributed by atoms with Gasteiger partial charge in [-0.1, -0.05) is 72.0 Å². The van der Waals surface area contributed by atoms with Gasteiger partial charge in [-0.15, -0.1) is 0 Å². The molecule has 160 valence electrons. The van der Waals surface area contributed by atoms with Crippen LogP contribution in [0.2, 0.25) is 5.02 Å². The highest BCUT2D eigenvalue weighted by atomic mass is 35.5. The summed E-state index contributed by atoms with van der Waals surface area (Å²) in [7, 11) is 0. The molecular weight excluding hydrogens is 455 g/mol. The summed E-state index contributed by atoms with van der Waals surface area (Å²) in [6, 6.07) is 13.8. The van der Waals surface area contributed by atoms with E-state index in [0.717, 1.165) is 11.1 Å². The van der Waals surface area contributed by atoms with Crippen molar-refractivity contribution in [3.8, 4) is 0 Å². The van der Waals surface area contributed by atoms with Gasteiger partial charge in [0.2, 0.25) is 5.91 Å². The molecule has 1 N–H and O–H groups in total. The minimum absolute atomic E-state index is 0.0567. The number of thiocarbonyl (C=S) groups is 1. The van der Waals surface area contributed by atoms with Crippen molar-refractivity contribution in [1.29, 1.82) is 0 Å². The summed E-state index contributed by atoms with van der Waals surface area (Å²) in [5.41, 5.74) is 2.43. The topological polar surface area (TPSA) is 49.4 Å². The largest absolute Gasteiger partial charge is 0.326 e. The van der Waals surface area contributed by atoms with Crippen LogP contribution in [0.3, 0.4) is 0 Å². The van der Waals surface area contributed by atoms with E-state index in [9.17, 15) is 14.0 Å². The second-order valence-electron chi connectivity index (χ2n) is 6.91. The summed E-state index contributed by atoms with van der Waals surface area (Å²) in [5.74, 6) is -0.942. The second-order valence-corrected chi connectivity index (χ2v) is 9.00. The minimum Gasteiger partial charge on any atom is -0.326 e. The predicted octanol–water partition coefficient (Wildman–Crippen LogP) is 6.05. The molecule has 1 aliphatic rings. The van der Waals surface area contributed by atoms with Gasteiger partial charge in [-0.2, -0.15) is 0 Å². The van der Waals surface area contributed by atoms with Gasteiger partial charge < -0.3 is 5.32 Å². The van der Waals surface area contributed by atoms with Crippen LogP contribution in [0.4, 0.5) is 10.1 Å². The highest BCUT2D eigenvalue weighted by Gasteiger charge is 2.31. The Morgan fingerprint density at radius 2 is 2.00 bits per heavy atom. The van der Waals surface area contributed by atoms with Crippen molar-refractivity contribution in [1.82, 2.24) is 4.90 Å². The number of carbonyl (C=O) groups excluding carboxylic acids is 2. The molecule has 0 aliphatic carbocycles. The Balaban J connectivity index is 1.53. The Labute approximate surface area is 195 Å². The van der Waals surface area contributed by atoms with Crippen LogP contribution >= 0.6 is 35.6 Å². The maximum Gasteiger partial charge on any atom is 0.266 e. The maximum atomic E-state index is 13.2.